The van der Waals surface area contributed by atoms with Gasteiger partial charge < -0.3 is 4.74 Å². The third-order valence-corrected chi connectivity index (χ3v) is 2.71. The summed E-state index contributed by atoms with van der Waals surface area (Å²) in [5.74, 6) is 0.858. The Labute approximate surface area is 117 Å². The molecule has 0 saturated heterocycles. The molecule has 0 aliphatic carbocycles. The maximum Gasteiger partial charge on any atom is 0.269 e. The smallest absolute Gasteiger partial charge is 0.269 e. The summed E-state index contributed by atoms with van der Waals surface area (Å²) in [6.45, 7) is 0.605. The predicted molar refractivity (Wildman–Crippen MR) is 78.7 cm³/mol. The van der Waals surface area contributed by atoms with Crippen LogP contribution in [-0.2, 0) is 0 Å². The second-order valence-corrected chi connectivity index (χ2v) is 4.20. The lowest BCUT2D eigenvalue weighted by Crippen LogP contribution is -1.94. The monoisotopic (exact) mass is 269 g/mol. The molecule has 0 aliphatic heterocycles. The van der Waals surface area contributed by atoms with E-state index < -0.39 is 4.92 Å². The van der Waals surface area contributed by atoms with Gasteiger partial charge >= 0.3 is 0 Å². The summed E-state index contributed by atoms with van der Waals surface area (Å²) < 4.78 is 5.55. The number of hydrogen-bond acceptors (Lipinski definition) is 3. The second-order valence-electron chi connectivity index (χ2n) is 4.20. The fourth-order valence-corrected chi connectivity index (χ4v) is 1.69. The Morgan fingerprint density at radius 2 is 1.75 bits per heavy atom. The van der Waals surface area contributed by atoms with Gasteiger partial charge in [-0.15, -0.1) is 0 Å². The predicted octanol–water partition coefficient (Wildman–Crippen LogP) is 4.08. The van der Waals surface area contributed by atoms with Crippen molar-refractivity contribution < 1.29 is 9.66 Å². The minimum absolute atomic E-state index is 0.106. The first-order valence-corrected chi connectivity index (χ1v) is 6.34. The van der Waals surface area contributed by atoms with E-state index in [-0.39, 0.29) is 5.69 Å². The van der Waals surface area contributed by atoms with E-state index in [9.17, 15) is 10.1 Å². The van der Waals surface area contributed by atoms with Gasteiger partial charge in [0.25, 0.3) is 5.69 Å². The second kappa shape index (κ2) is 7.09. The molecule has 0 fully saturated rings. The van der Waals surface area contributed by atoms with Crippen molar-refractivity contribution in [3.05, 3.63) is 76.4 Å². The highest BCUT2D eigenvalue weighted by Gasteiger charge is 2.01. The van der Waals surface area contributed by atoms with Gasteiger partial charge in [-0.3, -0.25) is 10.1 Å². The summed E-state index contributed by atoms with van der Waals surface area (Å²) >= 11 is 0. The number of benzene rings is 2. The molecule has 2 aromatic rings. The van der Waals surface area contributed by atoms with Gasteiger partial charge in [-0.1, -0.05) is 30.4 Å². The fourth-order valence-electron chi connectivity index (χ4n) is 1.69. The van der Waals surface area contributed by atoms with Gasteiger partial charge in [-0.05, 0) is 36.2 Å². The summed E-state index contributed by atoms with van der Waals surface area (Å²) in [6, 6.07) is 16.1. The molecule has 0 radical (unpaired) electrons. The minimum atomic E-state index is -0.402. The Kier molecular flexibility index (Phi) is 4.89. The number of nitrogens with zero attached hydrogens (tertiary/aromatic N) is 1. The van der Waals surface area contributed by atoms with Crippen LogP contribution in [0.25, 0.3) is 6.08 Å². The zero-order valence-corrected chi connectivity index (χ0v) is 10.9. The van der Waals surface area contributed by atoms with E-state index in [4.69, 9.17) is 4.74 Å². The van der Waals surface area contributed by atoms with E-state index >= 15 is 0 Å². The molecule has 0 bridgehead atoms. The molecule has 0 N–H and O–H groups in total. The largest absolute Gasteiger partial charge is 0.493 e. The standard InChI is InChI=1S/C16H15NO3/c18-17(19)15-11-9-14(10-12-15)6-4-5-13-20-16-7-2-1-3-8-16/h1-4,6-12H,5,13H2/b6-4+. The third-order valence-electron chi connectivity index (χ3n) is 2.71. The zero-order valence-electron chi connectivity index (χ0n) is 10.9. The van der Waals surface area contributed by atoms with Gasteiger partial charge in [0.2, 0.25) is 0 Å². The van der Waals surface area contributed by atoms with Crippen LogP contribution in [0.2, 0.25) is 0 Å². The van der Waals surface area contributed by atoms with Crippen molar-refractivity contribution in [1.82, 2.24) is 0 Å². The third kappa shape index (κ3) is 4.24. The van der Waals surface area contributed by atoms with E-state index in [1.54, 1.807) is 12.1 Å². The van der Waals surface area contributed by atoms with E-state index in [0.29, 0.717) is 6.61 Å². The molecule has 4 heteroatoms. The highest BCUT2D eigenvalue weighted by atomic mass is 16.6. The Balaban J connectivity index is 1.77. The SMILES string of the molecule is O=[N+]([O-])c1ccc(/C=C/CCOc2ccccc2)cc1. The van der Waals surface area contributed by atoms with Crippen LogP contribution >= 0.6 is 0 Å². The lowest BCUT2D eigenvalue weighted by molar-refractivity contribution is -0.384. The first-order chi connectivity index (χ1) is 9.75. The lowest BCUT2D eigenvalue weighted by Gasteiger charge is -2.02. The minimum Gasteiger partial charge on any atom is -0.493 e. The highest BCUT2D eigenvalue weighted by Crippen LogP contribution is 2.13. The van der Waals surface area contributed by atoms with Crippen LogP contribution in [0.3, 0.4) is 0 Å². The summed E-state index contributed by atoms with van der Waals surface area (Å²) in [7, 11) is 0. The maximum atomic E-state index is 10.5. The number of rotatable bonds is 6. The molecule has 0 aliphatic rings. The quantitative estimate of drug-likeness (QED) is 0.451. The summed E-state index contributed by atoms with van der Waals surface area (Å²) in [4.78, 5) is 10.1. The van der Waals surface area contributed by atoms with Crippen molar-refractivity contribution in [2.75, 3.05) is 6.61 Å². The van der Waals surface area contributed by atoms with Crippen LogP contribution in [0.4, 0.5) is 5.69 Å². The van der Waals surface area contributed by atoms with Crippen molar-refractivity contribution in [2.45, 2.75) is 6.42 Å². The molecule has 0 heterocycles. The Morgan fingerprint density at radius 3 is 2.40 bits per heavy atom. The van der Waals surface area contributed by atoms with Crippen LogP contribution in [-0.4, -0.2) is 11.5 Å². The van der Waals surface area contributed by atoms with Gasteiger partial charge in [-0.2, -0.15) is 0 Å². The van der Waals surface area contributed by atoms with Gasteiger partial charge in [0, 0.05) is 12.1 Å². The molecule has 0 amide bonds. The van der Waals surface area contributed by atoms with E-state index in [0.717, 1.165) is 17.7 Å². The topological polar surface area (TPSA) is 52.4 Å². The molecule has 0 aromatic heterocycles. The summed E-state index contributed by atoms with van der Waals surface area (Å²) in [6.07, 6.45) is 4.70. The molecule has 0 saturated carbocycles. The molecule has 20 heavy (non-hydrogen) atoms. The Bertz CT molecular complexity index is 576. The number of ether oxygens (including phenoxy) is 1. The van der Waals surface area contributed by atoms with Crippen molar-refractivity contribution in [3.8, 4) is 5.75 Å². The van der Waals surface area contributed by atoms with Crippen LogP contribution < -0.4 is 4.74 Å². The molecular weight excluding hydrogens is 254 g/mol. The van der Waals surface area contributed by atoms with E-state index in [2.05, 4.69) is 0 Å². The van der Waals surface area contributed by atoms with Gasteiger partial charge in [0.05, 0.1) is 11.5 Å². The molecule has 0 spiro atoms. The van der Waals surface area contributed by atoms with Crippen molar-refractivity contribution in [3.63, 3.8) is 0 Å². The van der Waals surface area contributed by atoms with Crippen molar-refractivity contribution in [2.24, 2.45) is 0 Å². The first kappa shape index (κ1) is 13.8. The summed E-state index contributed by atoms with van der Waals surface area (Å²) in [5.41, 5.74) is 1.05. The fraction of sp³-hybridized carbons (Fsp3) is 0.125. The highest BCUT2D eigenvalue weighted by molar-refractivity contribution is 5.51. The lowest BCUT2D eigenvalue weighted by atomic mass is 10.2. The van der Waals surface area contributed by atoms with Gasteiger partial charge in [-0.25, -0.2) is 0 Å². The molecule has 0 unspecified atom stereocenters. The molecule has 4 nitrogen and oxygen atoms in total. The van der Waals surface area contributed by atoms with Crippen LogP contribution in [0.5, 0.6) is 5.75 Å². The van der Waals surface area contributed by atoms with E-state index in [1.807, 2.05) is 42.5 Å². The first-order valence-electron chi connectivity index (χ1n) is 6.34. The average Bonchev–Trinajstić information content (AvgIpc) is 2.48. The molecule has 102 valence electrons. The molecule has 0 atom stereocenters. The number of nitro groups is 1. The van der Waals surface area contributed by atoms with Crippen LogP contribution in [0.1, 0.15) is 12.0 Å². The molecule has 2 rings (SSSR count). The molecular formula is C16H15NO3. The number of para-hydroxylation sites is 1. The summed E-state index contributed by atoms with van der Waals surface area (Å²) in [5, 5.41) is 10.5. The van der Waals surface area contributed by atoms with E-state index in [1.165, 1.54) is 12.1 Å². The normalized spacial score (nSPS) is 10.6. The number of non-ortho nitro benzene ring substituents is 1. The average molecular weight is 269 g/mol. The Hall–Kier alpha value is -2.62. The number of nitro benzene ring substituents is 1. The van der Waals surface area contributed by atoms with Crippen molar-refractivity contribution >= 4 is 11.8 Å². The van der Waals surface area contributed by atoms with Crippen LogP contribution in [0.15, 0.2) is 60.7 Å². The maximum absolute atomic E-state index is 10.5. The number of hydrogen-bond donors (Lipinski definition) is 0. The van der Waals surface area contributed by atoms with Gasteiger partial charge in [0.1, 0.15) is 5.75 Å². The Morgan fingerprint density at radius 1 is 1.05 bits per heavy atom. The zero-order chi connectivity index (χ0) is 14.2. The van der Waals surface area contributed by atoms with Crippen molar-refractivity contribution in [1.29, 1.82) is 0 Å². The van der Waals surface area contributed by atoms with Gasteiger partial charge in [0.15, 0.2) is 0 Å². The van der Waals surface area contributed by atoms with Crippen LogP contribution in [0, 0.1) is 10.1 Å². The molecule has 2 aromatic carbocycles.